The molecule has 0 unspecified atom stereocenters. The lowest BCUT2D eigenvalue weighted by molar-refractivity contribution is -0.121. The smallest absolute Gasteiger partial charge is 0.247 e. The Morgan fingerprint density at radius 1 is 1.19 bits per heavy atom. The average molecular weight is 476 g/mol. The second-order valence-corrected chi connectivity index (χ2v) is 7.78. The number of thioether (sulfide) groups is 1. The molecule has 130 valence electrons. The number of aliphatic imine (C=N–C) groups is 1. The van der Waals surface area contributed by atoms with Crippen molar-refractivity contribution in [2.24, 2.45) is 4.99 Å². The summed E-state index contributed by atoms with van der Waals surface area (Å²) in [5.74, 6) is -0.563. The van der Waals surface area contributed by atoms with Crippen LogP contribution in [-0.4, -0.2) is 22.2 Å². The molecule has 1 saturated heterocycles. The van der Waals surface area contributed by atoms with Crippen LogP contribution in [0.15, 0.2) is 59.6 Å². The fraction of sp³-hybridized carbons (Fsp3) is 0.111. The molecule has 0 aliphatic carbocycles. The fourth-order valence-electron chi connectivity index (χ4n) is 2.44. The first-order valence-corrected chi connectivity index (χ1v) is 9.62. The minimum atomic E-state index is -0.620. The lowest BCUT2D eigenvalue weighted by Crippen LogP contribution is -2.32. The molecule has 1 atom stereocenters. The van der Waals surface area contributed by atoms with Gasteiger partial charge in [-0.15, -0.1) is 0 Å². The van der Waals surface area contributed by atoms with Gasteiger partial charge < -0.3 is 0 Å². The Hall–Kier alpha value is -2.38. The van der Waals surface area contributed by atoms with Crippen molar-refractivity contribution in [3.8, 4) is 6.19 Å². The highest BCUT2D eigenvalue weighted by Gasteiger charge is 2.40. The number of nitrogens with zero attached hydrogens (tertiary/aromatic N) is 3. The number of halogens is 1. The highest BCUT2D eigenvalue weighted by atomic mass is 127. The molecule has 3 rings (SSSR count). The normalized spacial score (nSPS) is 17.3. The quantitative estimate of drug-likeness (QED) is 0.183. The SMILES string of the molecule is N#CNC(=Nc1ccccc1)S[C@H]1CC(=O)N(c2ccc(I)cc2)C1=O. The predicted molar refractivity (Wildman–Crippen MR) is 110 cm³/mol. The maximum absolute atomic E-state index is 12.7. The summed E-state index contributed by atoms with van der Waals surface area (Å²) >= 11 is 3.25. The van der Waals surface area contributed by atoms with E-state index in [1.54, 1.807) is 24.3 Å². The molecule has 2 aromatic rings. The molecule has 0 radical (unpaired) electrons. The van der Waals surface area contributed by atoms with Gasteiger partial charge in [-0.25, -0.2) is 9.89 Å². The van der Waals surface area contributed by atoms with E-state index in [9.17, 15) is 9.59 Å². The number of amides is 2. The minimum Gasteiger partial charge on any atom is -0.274 e. The van der Waals surface area contributed by atoms with Crippen LogP contribution in [0, 0.1) is 15.0 Å². The fourth-order valence-corrected chi connectivity index (χ4v) is 3.77. The van der Waals surface area contributed by atoms with E-state index in [4.69, 9.17) is 5.26 Å². The Bertz CT molecular complexity index is 894. The van der Waals surface area contributed by atoms with Gasteiger partial charge >= 0.3 is 0 Å². The van der Waals surface area contributed by atoms with Crippen molar-refractivity contribution in [3.63, 3.8) is 0 Å². The molecule has 8 heteroatoms. The van der Waals surface area contributed by atoms with E-state index in [0.29, 0.717) is 11.4 Å². The lowest BCUT2D eigenvalue weighted by Gasteiger charge is -2.15. The Morgan fingerprint density at radius 2 is 1.88 bits per heavy atom. The zero-order valence-corrected chi connectivity index (χ0v) is 16.4. The van der Waals surface area contributed by atoms with Crippen molar-refractivity contribution < 1.29 is 9.59 Å². The van der Waals surface area contributed by atoms with Crippen LogP contribution in [0.1, 0.15) is 6.42 Å². The van der Waals surface area contributed by atoms with Gasteiger partial charge in [0.1, 0.15) is 5.25 Å². The number of hydrogen-bond acceptors (Lipinski definition) is 5. The van der Waals surface area contributed by atoms with Crippen LogP contribution >= 0.6 is 34.4 Å². The third-order valence-electron chi connectivity index (χ3n) is 3.59. The predicted octanol–water partition coefficient (Wildman–Crippen LogP) is 3.41. The van der Waals surface area contributed by atoms with Gasteiger partial charge in [-0.2, -0.15) is 5.26 Å². The number of nitrogens with one attached hydrogen (secondary N) is 1. The number of benzene rings is 2. The topological polar surface area (TPSA) is 85.6 Å². The van der Waals surface area contributed by atoms with Gasteiger partial charge in [0.15, 0.2) is 11.4 Å². The maximum Gasteiger partial charge on any atom is 0.247 e. The minimum absolute atomic E-state index is 0.0659. The molecule has 1 fully saturated rings. The number of amidine groups is 1. The zero-order chi connectivity index (χ0) is 18.5. The van der Waals surface area contributed by atoms with Crippen molar-refractivity contribution in [2.75, 3.05) is 4.90 Å². The number of imide groups is 1. The van der Waals surface area contributed by atoms with Crippen LogP contribution in [0.4, 0.5) is 11.4 Å². The Labute approximate surface area is 168 Å². The van der Waals surface area contributed by atoms with Gasteiger partial charge in [0.05, 0.1) is 11.4 Å². The number of carbonyl (C=O) groups excluding carboxylic acids is 2. The van der Waals surface area contributed by atoms with Crippen LogP contribution < -0.4 is 10.2 Å². The molecular weight excluding hydrogens is 463 g/mol. The van der Waals surface area contributed by atoms with Crippen molar-refractivity contribution in [3.05, 3.63) is 58.2 Å². The van der Waals surface area contributed by atoms with Gasteiger partial charge in [0, 0.05) is 9.99 Å². The highest BCUT2D eigenvalue weighted by molar-refractivity contribution is 14.1. The summed E-state index contributed by atoms with van der Waals surface area (Å²) in [6.45, 7) is 0. The second kappa shape index (κ2) is 8.33. The third kappa shape index (κ3) is 4.23. The Balaban J connectivity index is 1.80. The van der Waals surface area contributed by atoms with Gasteiger partial charge in [-0.1, -0.05) is 30.0 Å². The molecule has 0 bridgehead atoms. The van der Waals surface area contributed by atoms with E-state index in [-0.39, 0.29) is 23.4 Å². The molecule has 1 N–H and O–H groups in total. The Morgan fingerprint density at radius 3 is 2.54 bits per heavy atom. The zero-order valence-electron chi connectivity index (χ0n) is 13.4. The van der Waals surface area contributed by atoms with Crippen molar-refractivity contribution in [2.45, 2.75) is 11.7 Å². The van der Waals surface area contributed by atoms with Crippen LogP contribution in [0.3, 0.4) is 0 Å². The summed E-state index contributed by atoms with van der Waals surface area (Å²) in [6, 6.07) is 16.3. The first-order chi connectivity index (χ1) is 12.6. The summed E-state index contributed by atoms with van der Waals surface area (Å²) in [5, 5.41) is 11.1. The highest BCUT2D eigenvalue weighted by Crippen LogP contribution is 2.31. The summed E-state index contributed by atoms with van der Waals surface area (Å²) in [4.78, 5) is 30.6. The van der Waals surface area contributed by atoms with Crippen LogP contribution in [0.25, 0.3) is 0 Å². The Kier molecular flexibility index (Phi) is 5.90. The number of anilines is 1. The first-order valence-electron chi connectivity index (χ1n) is 7.66. The number of rotatable bonds is 3. The summed E-state index contributed by atoms with van der Waals surface area (Å²) in [6.07, 6.45) is 1.89. The van der Waals surface area contributed by atoms with E-state index in [1.165, 1.54) is 4.90 Å². The van der Waals surface area contributed by atoms with E-state index >= 15 is 0 Å². The van der Waals surface area contributed by atoms with E-state index < -0.39 is 5.25 Å². The van der Waals surface area contributed by atoms with E-state index in [1.807, 2.05) is 36.5 Å². The third-order valence-corrected chi connectivity index (χ3v) is 5.38. The van der Waals surface area contributed by atoms with Crippen LogP contribution in [0.2, 0.25) is 0 Å². The number of para-hydroxylation sites is 1. The van der Waals surface area contributed by atoms with Crippen LogP contribution in [0.5, 0.6) is 0 Å². The molecule has 26 heavy (non-hydrogen) atoms. The number of hydrogen-bond donors (Lipinski definition) is 1. The van der Waals surface area contributed by atoms with Gasteiger partial charge in [0.25, 0.3) is 0 Å². The van der Waals surface area contributed by atoms with Crippen molar-refractivity contribution in [1.29, 1.82) is 5.26 Å². The molecule has 1 heterocycles. The van der Waals surface area contributed by atoms with Crippen molar-refractivity contribution >= 4 is 62.7 Å². The average Bonchev–Trinajstić information content (AvgIpc) is 2.91. The number of nitriles is 1. The molecule has 1 aliphatic rings. The molecular formula is C18H13IN4O2S. The van der Waals surface area contributed by atoms with Gasteiger partial charge in [-0.05, 0) is 59.0 Å². The van der Waals surface area contributed by atoms with Gasteiger partial charge in [0.2, 0.25) is 11.8 Å². The van der Waals surface area contributed by atoms with E-state index in [2.05, 4.69) is 32.9 Å². The largest absolute Gasteiger partial charge is 0.274 e. The summed E-state index contributed by atoms with van der Waals surface area (Å²) in [5.41, 5.74) is 1.21. The standard InChI is InChI=1S/C18H13IN4O2S/c19-12-6-8-14(9-7-12)23-16(24)10-15(17(23)25)26-18(21-11-20)22-13-4-2-1-3-5-13/h1-9,15H,10H2,(H,21,22)/t15-/m0/s1. The summed E-state index contributed by atoms with van der Waals surface area (Å²) in [7, 11) is 0. The maximum atomic E-state index is 12.7. The van der Waals surface area contributed by atoms with Gasteiger partial charge in [-0.3, -0.25) is 14.9 Å². The second-order valence-electron chi connectivity index (χ2n) is 5.34. The molecule has 0 aromatic heterocycles. The van der Waals surface area contributed by atoms with Crippen molar-refractivity contribution in [1.82, 2.24) is 5.32 Å². The summed E-state index contributed by atoms with van der Waals surface area (Å²) < 4.78 is 1.02. The molecule has 2 amide bonds. The molecule has 6 nitrogen and oxygen atoms in total. The molecule has 0 saturated carbocycles. The monoisotopic (exact) mass is 476 g/mol. The lowest BCUT2D eigenvalue weighted by atomic mass is 10.3. The van der Waals surface area contributed by atoms with Crippen LogP contribution in [-0.2, 0) is 9.59 Å². The molecule has 2 aromatic carbocycles. The van der Waals surface area contributed by atoms with E-state index in [0.717, 1.165) is 15.3 Å². The first kappa shape index (κ1) is 18.4. The number of carbonyl (C=O) groups is 2. The molecule has 1 aliphatic heterocycles. The molecule has 0 spiro atoms.